The van der Waals surface area contributed by atoms with E-state index >= 15 is 0 Å². The molecule has 0 spiro atoms. The number of aromatic nitrogens is 1. The van der Waals surface area contributed by atoms with E-state index in [4.69, 9.17) is 0 Å². The van der Waals surface area contributed by atoms with E-state index in [1.807, 2.05) is 52.4 Å². The molecule has 1 amide bonds. The maximum Gasteiger partial charge on any atom is 0.271 e. The van der Waals surface area contributed by atoms with E-state index in [9.17, 15) is 4.79 Å². The highest BCUT2D eigenvalue weighted by Gasteiger charge is 2.08. The van der Waals surface area contributed by atoms with Gasteiger partial charge in [-0.05, 0) is 42.0 Å². The number of halogens is 2. The smallest absolute Gasteiger partial charge is 0.271 e. The van der Waals surface area contributed by atoms with Crippen molar-refractivity contribution in [3.8, 4) is 11.3 Å². The summed E-state index contributed by atoms with van der Waals surface area (Å²) >= 11 is 8.28. The molecule has 0 aliphatic carbocycles. The summed E-state index contributed by atoms with van der Waals surface area (Å²) in [7, 11) is 0. The largest absolute Gasteiger partial charge is 0.311 e. The van der Waals surface area contributed by atoms with E-state index in [2.05, 4.69) is 49.0 Å². The lowest BCUT2D eigenvalue weighted by atomic mass is 10.2. The first-order chi connectivity index (χ1) is 12.6. The summed E-state index contributed by atoms with van der Waals surface area (Å²) in [6.45, 7) is 4.42. The Morgan fingerprint density at radius 3 is 2.35 bits per heavy atom. The molecule has 7 heteroatoms. The Morgan fingerprint density at radius 2 is 1.73 bits per heavy atom. The number of thiazole rings is 1. The Labute approximate surface area is 172 Å². The number of hydrogen-bond acceptors (Lipinski definition) is 3. The minimum absolute atomic E-state index is 0.249. The predicted molar refractivity (Wildman–Crippen MR) is 113 cm³/mol. The second-order valence-corrected chi connectivity index (χ2v) is 8.04. The number of carbonyl (C=O) groups excluding carboxylic acids is 1. The van der Waals surface area contributed by atoms with Crippen LogP contribution < -0.4 is 10.2 Å². The molecule has 0 radical (unpaired) electrons. The van der Waals surface area contributed by atoms with Gasteiger partial charge in [-0.2, -0.15) is 0 Å². The van der Waals surface area contributed by atoms with E-state index in [0.717, 1.165) is 20.2 Å². The topological polar surface area (TPSA) is 46.4 Å². The fourth-order valence-electron chi connectivity index (χ4n) is 2.34. The minimum Gasteiger partial charge on any atom is -0.311 e. The van der Waals surface area contributed by atoms with E-state index in [1.165, 1.54) is 11.3 Å². The predicted octanol–water partition coefficient (Wildman–Crippen LogP) is 5.17. The summed E-state index contributed by atoms with van der Waals surface area (Å²) in [5, 5.41) is 6.33. The molecule has 2 aromatic carbocycles. The zero-order chi connectivity index (χ0) is 18.5. The van der Waals surface area contributed by atoms with Crippen LogP contribution in [0.2, 0.25) is 0 Å². The molecule has 132 valence electrons. The van der Waals surface area contributed by atoms with Gasteiger partial charge in [0.15, 0.2) is 0 Å². The molecule has 0 fully saturated rings. The first-order valence-corrected chi connectivity index (χ1v) is 10.2. The van der Waals surface area contributed by atoms with E-state index in [0.29, 0.717) is 16.9 Å². The van der Waals surface area contributed by atoms with Crippen molar-refractivity contribution < 1.29 is 4.79 Å². The fourth-order valence-corrected chi connectivity index (χ4v) is 3.75. The van der Waals surface area contributed by atoms with Gasteiger partial charge in [-0.3, -0.25) is 4.79 Å². The third-order valence-electron chi connectivity index (χ3n) is 3.61. The van der Waals surface area contributed by atoms with Gasteiger partial charge in [-0.1, -0.05) is 50.1 Å². The molecule has 3 aromatic rings. The zero-order valence-corrected chi connectivity index (χ0v) is 17.6. The van der Waals surface area contributed by atoms with E-state index in [1.54, 1.807) is 12.1 Å². The molecule has 1 heterocycles. The van der Waals surface area contributed by atoms with Crippen molar-refractivity contribution in [2.45, 2.75) is 6.54 Å². The summed E-state index contributed by atoms with van der Waals surface area (Å²) in [5.41, 5.74) is 5.28. The molecule has 4 nitrogen and oxygen atoms in total. The Bertz CT molecular complexity index is 989. The van der Waals surface area contributed by atoms with Crippen LogP contribution in [0, 0.1) is 0 Å². The molecule has 0 unspecified atom stereocenters. The molecular weight excluding hydrogens is 478 g/mol. The van der Waals surface area contributed by atoms with Crippen LogP contribution in [0.3, 0.4) is 0 Å². The van der Waals surface area contributed by atoms with Crippen LogP contribution in [0.4, 0.5) is 0 Å². The third-order valence-corrected chi connectivity index (χ3v) is 5.53. The number of allylic oxidation sites excluding steroid dienone is 1. The first kappa shape index (κ1) is 18.8. The Kier molecular flexibility index (Phi) is 6.24. The Hall–Kier alpha value is -1.96. The molecule has 0 saturated heterocycles. The molecule has 3 rings (SSSR count). The van der Waals surface area contributed by atoms with Crippen molar-refractivity contribution in [2.75, 3.05) is 0 Å². The van der Waals surface area contributed by atoms with Crippen LogP contribution >= 0.6 is 43.2 Å². The number of rotatable bonds is 5. The van der Waals surface area contributed by atoms with E-state index in [-0.39, 0.29) is 5.91 Å². The van der Waals surface area contributed by atoms with Crippen molar-refractivity contribution in [2.24, 2.45) is 5.10 Å². The van der Waals surface area contributed by atoms with Crippen molar-refractivity contribution in [3.63, 3.8) is 0 Å². The van der Waals surface area contributed by atoms with Crippen LogP contribution in [-0.2, 0) is 6.54 Å². The molecule has 0 saturated carbocycles. The second-order valence-electron chi connectivity index (χ2n) is 5.37. The average Bonchev–Trinajstić information content (AvgIpc) is 3.04. The van der Waals surface area contributed by atoms with Gasteiger partial charge >= 0.3 is 0 Å². The fraction of sp³-hybridized carbons (Fsp3) is 0.0526. The van der Waals surface area contributed by atoms with Crippen LogP contribution in [-0.4, -0.2) is 10.5 Å². The number of carbonyl (C=O) groups is 1. The second kappa shape index (κ2) is 8.62. The summed E-state index contributed by atoms with van der Waals surface area (Å²) in [6.07, 6.45) is 1.81. The molecule has 0 aliphatic rings. The monoisotopic (exact) mass is 491 g/mol. The standard InChI is InChI=1S/C19H15Br2N3OS/c1-2-11-24-17(13-3-7-15(20)8-4-13)12-26-19(24)23-22-18(25)14-5-9-16(21)10-6-14/h2-10,12H,1,11H2,(H,22,25)/b23-19-. The maximum atomic E-state index is 12.3. The maximum absolute atomic E-state index is 12.3. The number of hydrogen-bond donors (Lipinski definition) is 1. The number of benzene rings is 2. The molecule has 1 N–H and O–H groups in total. The molecule has 0 bridgehead atoms. The lowest BCUT2D eigenvalue weighted by Crippen LogP contribution is -2.24. The van der Waals surface area contributed by atoms with Crippen LogP contribution in [0.25, 0.3) is 11.3 Å². The third kappa shape index (κ3) is 4.41. The summed E-state index contributed by atoms with van der Waals surface area (Å²) in [6, 6.07) is 15.2. The highest BCUT2D eigenvalue weighted by atomic mass is 79.9. The Balaban J connectivity index is 1.90. The SMILES string of the molecule is C=CCn1c(-c2ccc(Br)cc2)cs/c1=N\NC(=O)c1ccc(Br)cc1. The van der Waals surface area contributed by atoms with Crippen LogP contribution in [0.5, 0.6) is 0 Å². The van der Waals surface area contributed by atoms with Crippen molar-refractivity contribution >= 4 is 49.1 Å². The summed E-state index contributed by atoms with van der Waals surface area (Å²) in [4.78, 5) is 13.0. The highest BCUT2D eigenvalue weighted by molar-refractivity contribution is 9.10. The van der Waals surface area contributed by atoms with Crippen molar-refractivity contribution in [1.29, 1.82) is 0 Å². The Morgan fingerprint density at radius 1 is 1.12 bits per heavy atom. The van der Waals surface area contributed by atoms with Gasteiger partial charge in [0.1, 0.15) is 0 Å². The zero-order valence-electron chi connectivity index (χ0n) is 13.7. The van der Waals surface area contributed by atoms with Gasteiger partial charge in [0.2, 0.25) is 4.80 Å². The first-order valence-electron chi connectivity index (χ1n) is 7.73. The normalized spacial score (nSPS) is 11.4. The molecule has 0 atom stereocenters. The molecule has 0 aliphatic heterocycles. The lowest BCUT2D eigenvalue weighted by molar-refractivity contribution is 0.0953. The van der Waals surface area contributed by atoms with Gasteiger partial charge < -0.3 is 4.57 Å². The van der Waals surface area contributed by atoms with Gasteiger partial charge in [0.05, 0.1) is 5.69 Å². The van der Waals surface area contributed by atoms with E-state index < -0.39 is 0 Å². The molecular formula is C19H15Br2N3OS. The van der Waals surface area contributed by atoms with Crippen molar-refractivity contribution in [3.05, 3.63) is 85.9 Å². The van der Waals surface area contributed by atoms with Crippen LogP contribution in [0.1, 0.15) is 10.4 Å². The van der Waals surface area contributed by atoms with Crippen LogP contribution in [0.15, 0.2) is 80.6 Å². The summed E-state index contributed by atoms with van der Waals surface area (Å²) in [5.74, 6) is -0.249. The van der Waals surface area contributed by atoms with Gasteiger partial charge in [-0.25, -0.2) is 5.43 Å². The summed E-state index contributed by atoms with van der Waals surface area (Å²) < 4.78 is 3.97. The lowest BCUT2D eigenvalue weighted by Gasteiger charge is -2.07. The molecule has 26 heavy (non-hydrogen) atoms. The quantitative estimate of drug-likeness (QED) is 0.387. The van der Waals surface area contributed by atoms with Gasteiger partial charge in [-0.15, -0.1) is 23.0 Å². The van der Waals surface area contributed by atoms with Gasteiger partial charge in [0, 0.05) is 26.4 Å². The average molecular weight is 493 g/mol. The number of nitrogens with zero attached hydrogens (tertiary/aromatic N) is 2. The highest BCUT2D eigenvalue weighted by Crippen LogP contribution is 2.22. The molecule has 1 aromatic heterocycles. The number of amides is 1. The number of nitrogens with one attached hydrogen (secondary N) is 1. The van der Waals surface area contributed by atoms with Gasteiger partial charge in [0.25, 0.3) is 5.91 Å². The minimum atomic E-state index is -0.249. The van der Waals surface area contributed by atoms with Crippen molar-refractivity contribution in [1.82, 2.24) is 9.99 Å².